The van der Waals surface area contributed by atoms with Gasteiger partial charge < -0.3 is 4.90 Å². The van der Waals surface area contributed by atoms with Crippen LogP contribution in [0, 0.1) is 5.82 Å². The molecule has 1 heterocycles. The Hall–Kier alpha value is -0.550. The maximum absolute atomic E-state index is 13.7. The van der Waals surface area contributed by atoms with E-state index in [0.29, 0.717) is 23.6 Å². The Morgan fingerprint density at radius 2 is 2.00 bits per heavy atom. The Bertz CT molecular complexity index is 458. The van der Waals surface area contributed by atoms with E-state index in [1.54, 1.807) is 17.0 Å². The molecule has 1 amide bonds. The molecule has 98 valence electrons. The number of carbonyl (C=O) groups excluding carboxylic acids is 1. The average Bonchev–Trinajstić information content (AvgIpc) is 2.30. The van der Waals surface area contributed by atoms with Crippen molar-refractivity contribution in [3.63, 3.8) is 0 Å². The Balaban J connectivity index is 2.22. The molecular formula is C13H15BrFNOS. The van der Waals surface area contributed by atoms with Gasteiger partial charge in [-0.2, -0.15) is 11.8 Å². The monoisotopic (exact) mass is 331 g/mol. The van der Waals surface area contributed by atoms with Crippen LogP contribution in [0.1, 0.15) is 24.2 Å². The molecule has 1 aromatic rings. The van der Waals surface area contributed by atoms with Gasteiger partial charge in [0, 0.05) is 28.1 Å². The first-order valence-corrected chi connectivity index (χ1v) is 7.60. The van der Waals surface area contributed by atoms with Gasteiger partial charge in [0.25, 0.3) is 5.91 Å². The number of carbonyl (C=O) groups is 1. The third-order valence-corrected chi connectivity index (χ3v) is 4.59. The highest BCUT2D eigenvalue weighted by Crippen LogP contribution is 2.26. The molecule has 0 N–H and O–H groups in total. The van der Waals surface area contributed by atoms with Gasteiger partial charge in [0.05, 0.1) is 5.56 Å². The van der Waals surface area contributed by atoms with E-state index in [1.165, 1.54) is 6.07 Å². The van der Waals surface area contributed by atoms with E-state index in [2.05, 4.69) is 29.8 Å². The minimum absolute atomic E-state index is 0.149. The van der Waals surface area contributed by atoms with E-state index in [1.807, 2.05) is 11.8 Å². The third kappa shape index (κ3) is 3.06. The molecule has 1 aromatic carbocycles. The smallest absolute Gasteiger partial charge is 0.256 e. The number of hydrogen-bond acceptors (Lipinski definition) is 2. The van der Waals surface area contributed by atoms with Crippen molar-refractivity contribution in [2.75, 3.05) is 13.1 Å². The summed E-state index contributed by atoms with van der Waals surface area (Å²) in [6.07, 6.45) is 0. The zero-order valence-electron chi connectivity index (χ0n) is 10.3. The van der Waals surface area contributed by atoms with E-state index < -0.39 is 5.82 Å². The lowest BCUT2D eigenvalue weighted by Gasteiger charge is -2.34. The van der Waals surface area contributed by atoms with Crippen molar-refractivity contribution in [1.29, 1.82) is 0 Å². The summed E-state index contributed by atoms with van der Waals surface area (Å²) >= 11 is 5.14. The molecule has 2 unspecified atom stereocenters. The van der Waals surface area contributed by atoms with Crippen LogP contribution in [0.5, 0.6) is 0 Å². The summed E-state index contributed by atoms with van der Waals surface area (Å²) in [5, 5.41) is 0.792. The first-order valence-electron chi connectivity index (χ1n) is 5.87. The molecular weight excluding hydrogens is 317 g/mol. The summed E-state index contributed by atoms with van der Waals surface area (Å²) in [5.74, 6) is -0.672. The Morgan fingerprint density at radius 3 is 2.61 bits per heavy atom. The number of hydrogen-bond donors (Lipinski definition) is 0. The topological polar surface area (TPSA) is 20.3 Å². The van der Waals surface area contributed by atoms with Gasteiger partial charge in [0.15, 0.2) is 0 Å². The molecule has 0 aromatic heterocycles. The first-order chi connectivity index (χ1) is 8.47. The quantitative estimate of drug-likeness (QED) is 0.784. The normalized spacial score (nSPS) is 24.1. The molecule has 2 rings (SSSR count). The molecule has 5 heteroatoms. The van der Waals surface area contributed by atoms with Crippen molar-refractivity contribution in [2.24, 2.45) is 0 Å². The van der Waals surface area contributed by atoms with Gasteiger partial charge >= 0.3 is 0 Å². The molecule has 0 bridgehead atoms. The van der Waals surface area contributed by atoms with Gasteiger partial charge in [0.2, 0.25) is 0 Å². The highest BCUT2D eigenvalue weighted by molar-refractivity contribution is 9.10. The van der Waals surface area contributed by atoms with Crippen LogP contribution < -0.4 is 0 Å². The van der Waals surface area contributed by atoms with Gasteiger partial charge in [-0.1, -0.05) is 29.8 Å². The maximum Gasteiger partial charge on any atom is 0.256 e. The van der Waals surface area contributed by atoms with Crippen molar-refractivity contribution < 1.29 is 9.18 Å². The van der Waals surface area contributed by atoms with Crippen LogP contribution in [0.4, 0.5) is 4.39 Å². The molecule has 18 heavy (non-hydrogen) atoms. The summed E-state index contributed by atoms with van der Waals surface area (Å²) < 4.78 is 14.4. The average molecular weight is 332 g/mol. The van der Waals surface area contributed by atoms with E-state index in [0.717, 1.165) is 4.47 Å². The summed E-state index contributed by atoms with van der Waals surface area (Å²) in [6, 6.07) is 4.47. The minimum Gasteiger partial charge on any atom is -0.336 e. The van der Waals surface area contributed by atoms with Crippen LogP contribution in [0.2, 0.25) is 0 Å². The number of benzene rings is 1. The van der Waals surface area contributed by atoms with Crippen molar-refractivity contribution in [2.45, 2.75) is 24.3 Å². The zero-order valence-corrected chi connectivity index (χ0v) is 12.7. The number of amides is 1. The summed E-state index contributed by atoms with van der Waals surface area (Å²) in [6.45, 7) is 5.55. The second kappa shape index (κ2) is 5.61. The van der Waals surface area contributed by atoms with Crippen molar-refractivity contribution in [3.8, 4) is 0 Å². The van der Waals surface area contributed by atoms with Crippen LogP contribution in [-0.2, 0) is 0 Å². The van der Waals surface area contributed by atoms with Crippen LogP contribution in [0.25, 0.3) is 0 Å². The Morgan fingerprint density at radius 1 is 1.39 bits per heavy atom. The summed E-state index contributed by atoms with van der Waals surface area (Å²) in [5.41, 5.74) is 0.149. The molecule has 1 aliphatic heterocycles. The van der Waals surface area contributed by atoms with Crippen molar-refractivity contribution in [1.82, 2.24) is 4.90 Å². The fourth-order valence-corrected chi connectivity index (χ4v) is 3.86. The molecule has 0 radical (unpaired) electrons. The number of nitrogens with zero attached hydrogens (tertiary/aromatic N) is 1. The van der Waals surface area contributed by atoms with Gasteiger partial charge in [-0.3, -0.25) is 4.79 Å². The van der Waals surface area contributed by atoms with E-state index in [9.17, 15) is 9.18 Å². The maximum atomic E-state index is 13.7. The van der Waals surface area contributed by atoms with Gasteiger partial charge in [-0.05, 0) is 18.2 Å². The van der Waals surface area contributed by atoms with Gasteiger partial charge in [0.1, 0.15) is 5.82 Å². The van der Waals surface area contributed by atoms with Crippen LogP contribution in [0.3, 0.4) is 0 Å². The van der Waals surface area contributed by atoms with Crippen LogP contribution in [0.15, 0.2) is 22.7 Å². The van der Waals surface area contributed by atoms with Crippen LogP contribution >= 0.6 is 27.7 Å². The summed E-state index contributed by atoms with van der Waals surface area (Å²) in [4.78, 5) is 14.1. The number of rotatable bonds is 1. The molecule has 2 nitrogen and oxygen atoms in total. The minimum atomic E-state index is -0.457. The molecule has 1 saturated heterocycles. The Kier molecular flexibility index (Phi) is 4.33. The highest BCUT2D eigenvalue weighted by Gasteiger charge is 2.27. The predicted octanol–water partition coefficient (Wildman–Crippen LogP) is 3.55. The van der Waals surface area contributed by atoms with Gasteiger partial charge in [-0.25, -0.2) is 4.39 Å². The molecule has 0 aliphatic carbocycles. The SMILES string of the molecule is CC1CN(C(=O)c2cc(Br)ccc2F)CC(C)S1. The van der Waals surface area contributed by atoms with Gasteiger partial charge in [-0.15, -0.1) is 0 Å². The predicted molar refractivity (Wildman–Crippen MR) is 76.5 cm³/mol. The summed E-state index contributed by atoms with van der Waals surface area (Å²) in [7, 11) is 0. The number of thioether (sulfide) groups is 1. The van der Waals surface area contributed by atoms with Crippen LogP contribution in [-0.4, -0.2) is 34.4 Å². The second-order valence-electron chi connectivity index (χ2n) is 4.59. The van der Waals surface area contributed by atoms with Crippen molar-refractivity contribution >= 4 is 33.6 Å². The Labute approximate surface area is 119 Å². The first kappa shape index (κ1) is 13.9. The fourth-order valence-electron chi connectivity index (χ4n) is 2.18. The molecule has 1 aliphatic rings. The zero-order chi connectivity index (χ0) is 13.3. The number of halogens is 2. The molecule has 0 spiro atoms. The largest absolute Gasteiger partial charge is 0.336 e. The molecule has 2 atom stereocenters. The fraction of sp³-hybridized carbons (Fsp3) is 0.462. The van der Waals surface area contributed by atoms with E-state index in [4.69, 9.17) is 0 Å². The lowest BCUT2D eigenvalue weighted by Crippen LogP contribution is -2.44. The molecule has 0 saturated carbocycles. The lowest BCUT2D eigenvalue weighted by atomic mass is 10.1. The van der Waals surface area contributed by atoms with E-state index in [-0.39, 0.29) is 11.5 Å². The lowest BCUT2D eigenvalue weighted by molar-refractivity contribution is 0.0748. The highest BCUT2D eigenvalue weighted by atomic mass is 79.9. The third-order valence-electron chi connectivity index (χ3n) is 2.87. The van der Waals surface area contributed by atoms with E-state index >= 15 is 0 Å². The standard InChI is InChI=1S/C13H15BrFNOS/c1-8-6-16(7-9(2)18-8)13(17)11-5-10(14)3-4-12(11)15/h3-5,8-9H,6-7H2,1-2H3. The second-order valence-corrected chi connectivity index (χ2v) is 7.39. The van der Waals surface area contributed by atoms with Crippen molar-refractivity contribution in [3.05, 3.63) is 34.1 Å². The molecule has 1 fully saturated rings.